The van der Waals surface area contributed by atoms with Gasteiger partial charge in [-0.1, -0.05) is 25.1 Å². The standard InChI is InChI=1S/C26H32N2O6/c1-15-17(3-5-19-21(15)13-33-25(19)31)23(29)11-27-7-9-28(10-8-27)12-24(30)18-4-6-20-22(16(18)2)14-34-26(20)32/h3-6,15,21,23-24,29-30H,7-14H2,1-2H3/t15?,21?,23-,24+/m0/s1. The Labute approximate surface area is 199 Å². The smallest absolute Gasteiger partial charge is 0.338 e. The first-order valence-electron chi connectivity index (χ1n) is 12.0. The second-order valence-corrected chi connectivity index (χ2v) is 9.80. The van der Waals surface area contributed by atoms with Crippen LogP contribution in [0.1, 0.15) is 40.1 Å². The van der Waals surface area contributed by atoms with Crippen LogP contribution in [-0.2, 0) is 20.9 Å². The van der Waals surface area contributed by atoms with Crippen LogP contribution >= 0.6 is 0 Å². The number of cyclic esters (lactones) is 2. The maximum absolute atomic E-state index is 11.8. The van der Waals surface area contributed by atoms with E-state index in [2.05, 4.69) is 16.7 Å². The van der Waals surface area contributed by atoms with Crippen molar-refractivity contribution in [2.75, 3.05) is 45.9 Å². The number of esters is 2. The third kappa shape index (κ3) is 4.20. The minimum Gasteiger partial charge on any atom is -0.462 e. The number of carbonyl (C=O) groups is 2. The summed E-state index contributed by atoms with van der Waals surface area (Å²) in [6.45, 7) is 8.96. The molecule has 0 aromatic heterocycles. The van der Waals surface area contributed by atoms with Crippen molar-refractivity contribution in [3.63, 3.8) is 0 Å². The predicted molar refractivity (Wildman–Crippen MR) is 124 cm³/mol. The number of ether oxygens (including phenoxy) is 2. The molecule has 3 heterocycles. The SMILES string of the molecule is Cc1c([C@H](O)CN2CCN(C[C@H](O)C3=CC=C4C(=O)OCC4C3C)CC2)ccc2c1COC2=O. The number of carbonyl (C=O) groups excluding carboxylic acids is 2. The molecular weight excluding hydrogens is 436 g/mol. The molecule has 2 fully saturated rings. The molecule has 0 radical (unpaired) electrons. The third-order valence-corrected chi connectivity index (χ3v) is 7.89. The quantitative estimate of drug-likeness (QED) is 0.604. The molecule has 1 aliphatic carbocycles. The van der Waals surface area contributed by atoms with Gasteiger partial charge in [0.2, 0.25) is 0 Å². The lowest BCUT2D eigenvalue weighted by atomic mass is 9.78. The van der Waals surface area contributed by atoms with E-state index in [0.29, 0.717) is 30.8 Å². The van der Waals surface area contributed by atoms with Gasteiger partial charge >= 0.3 is 11.9 Å². The Kier molecular flexibility index (Phi) is 6.33. The van der Waals surface area contributed by atoms with Crippen molar-refractivity contribution in [1.82, 2.24) is 9.80 Å². The number of nitrogens with zero attached hydrogens (tertiary/aromatic N) is 2. The maximum atomic E-state index is 11.8. The van der Waals surface area contributed by atoms with Gasteiger partial charge in [-0.2, -0.15) is 0 Å². The van der Waals surface area contributed by atoms with E-state index in [0.717, 1.165) is 48.4 Å². The number of hydrogen-bond acceptors (Lipinski definition) is 8. The molecule has 2 N–H and O–H groups in total. The van der Waals surface area contributed by atoms with Crippen LogP contribution in [0.4, 0.5) is 0 Å². The molecule has 1 aromatic rings. The summed E-state index contributed by atoms with van der Waals surface area (Å²) in [5, 5.41) is 21.8. The number of aliphatic hydroxyl groups excluding tert-OH is 2. The summed E-state index contributed by atoms with van der Waals surface area (Å²) in [5.74, 6) is -0.420. The first kappa shape index (κ1) is 23.2. The molecule has 34 heavy (non-hydrogen) atoms. The number of β-amino-alcohol motifs (C(OH)–C–C–N with tert-alkyl or cyclic N) is 2. The molecule has 0 saturated carbocycles. The van der Waals surface area contributed by atoms with Gasteiger partial charge < -0.3 is 19.7 Å². The lowest BCUT2D eigenvalue weighted by molar-refractivity contribution is -0.135. The van der Waals surface area contributed by atoms with Gasteiger partial charge in [-0.3, -0.25) is 9.80 Å². The zero-order valence-electron chi connectivity index (χ0n) is 19.7. The largest absolute Gasteiger partial charge is 0.462 e. The van der Waals surface area contributed by atoms with Gasteiger partial charge in [0, 0.05) is 56.3 Å². The summed E-state index contributed by atoms with van der Waals surface area (Å²) >= 11 is 0. The van der Waals surface area contributed by atoms with Crippen molar-refractivity contribution in [2.45, 2.75) is 32.7 Å². The van der Waals surface area contributed by atoms with E-state index in [1.54, 1.807) is 12.1 Å². The molecule has 1 aromatic carbocycles. The number of hydrogen-bond donors (Lipinski definition) is 2. The van der Waals surface area contributed by atoms with E-state index >= 15 is 0 Å². The zero-order chi connectivity index (χ0) is 24.0. The van der Waals surface area contributed by atoms with Gasteiger partial charge in [-0.15, -0.1) is 0 Å². The summed E-state index contributed by atoms with van der Waals surface area (Å²) in [7, 11) is 0. The van der Waals surface area contributed by atoms with E-state index in [1.807, 2.05) is 19.1 Å². The highest BCUT2D eigenvalue weighted by Gasteiger charge is 2.39. The molecular formula is C26H32N2O6. The van der Waals surface area contributed by atoms with Crippen LogP contribution in [0, 0.1) is 18.8 Å². The van der Waals surface area contributed by atoms with Crippen molar-refractivity contribution in [3.8, 4) is 0 Å². The molecule has 8 nitrogen and oxygen atoms in total. The van der Waals surface area contributed by atoms with Crippen molar-refractivity contribution >= 4 is 11.9 Å². The molecule has 0 bridgehead atoms. The van der Waals surface area contributed by atoms with Crippen LogP contribution in [0.3, 0.4) is 0 Å². The average Bonchev–Trinajstić information content (AvgIpc) is 3.39. The van der Waals surface area contributed by atoms with Crippen molar-refractivity contribution < 1.29 is 29.3 Å². The molecule has 182 valence electrons. The minimum atomic E-state index is -0.635. The van der Waals surface area contributed by atoms with Gasteiger partial charge in [-0.05, 0) is 35.6 Å². The molecule has 4 atom stereocenters. The summed E-state index contributed by atoms with van der Waals surface area (Å²) < 4.78 is 10.3. The van der Waals surface area contributed by atoms with Gasteiger partial charge in [-0.25, -0.2) is 9.59 Å². The van der Waals surface area contributed by atoms with Crippen molar-refractivity contribution in [2.24, 2.45) is 11.8 Å². The van der Waals surface area contributed by atoms with Crippen LogP contribution in [0.15, 0.2) is 35.4 Å². The zero-order valence-corrected chi connectivity index (χ0v) is 19.7. The Balaban J connectivity index is 1.14. The van der Waals surface area contributed by atoms with E-state index in [1.165, 1.54) is 0 Å². The average molecular weight is 469 g/mol. The first-order valence-corrected chi connectivity index (χ1v) is 12.0. The lowest BCUT2D eigenvalue weighted by Gasteiger charge is -2.38. The Bertz CT molecular complexity index is 1060. The second-order valence-electron chi connectivity index (χ2n) is 9.80. The summed E-state index contributed by atoms with van der Waals surface area (Å²) in [6.07, 6.45) is 2.47. The molecule has 3 aliphatic heterocycles. The number of piperazine rings is 1. The Morgan fingerprint density at radius 2 is 1.65 bits per heavy atom. The highest BCUT2D eigenvalue weighted by atomic mass is 16.5. The molecule has 0 amide bonds. The minimum absolute atomic E-state index is 0.0350. The third-order valence-electron chi connectivity index (χ3n) is 7.89. The highest BCUT2D eigenvalue weighted by molar-refractivity contribution is 5.94. The number of aliphatic hydroxyl groups is 2. The number of rotatable bonds is 6. The summed E-state index contributed by atoms with van der Waals surface area (Å²) in [5.41, 5.74) is 4.92. The molecule has 8 heteroatoms. The van der Waals surface area contributed by atoms with E-state index in [-0.39, 0.29) is 30.4 Å². The first-order chi connectivity index (χ1) is 16.3. The number of allylic oxidation sites excluding steroid dienone is 2. The normalized spacial score (nSPS) is 26.8. The Hall–Kier alpha value is -2.52. The highest BCUT2D eigenvalue weighted by Crippen LogP contribution is 2.37. The second kappa shape index (κ2) is 9.26. The summed E-state index contributed by atoms with van der Waals surface area (Å²) in [6, 6.07) is 3.59. The lowest BCUT2D eigenvalue weighted by Crippen LogP contribution is -2.50. The Morgan fingerprint density at radius 3 is 2.35 bits per heavy atom. The van der Waals surface area contributed by atoms with Crippen LogP contribution in [0.2, 0.25) is 0 Å². The van der Waals surface area contributed by atoms with Crippen molar-refractivity contribution in [3.05, 3.63) is 57.7 Å². The van der Waals surface area contributed by atoms with E-state index in [4.69, 9.17) is 9.47 Å². The number of fused-ring (bicyclic) bond motifs is 2. The molecule has 4 aliphatic rings. The molecule has 2 unspecified atom stereocenters. The predicted octanol–water partition coefficient (Wildman–Crippen LogP) is 1.35. The van der Waals surface area contributed by atoms with Gasteiger partial charge in [0.05, 0.1) is 24.4 Å². The van der Waals surface area contributed by atoms with E-state index < -0.39 is 12.2 Å². The fourth-order valence-corrected chi connectivity index (χ4v) is 5.66. The van der Waals surface area contributed by atoms with Gasteiger partial charge in [0.25, 0.3) is 0 Å². The Morgan fingerprint density at radius 1 is 0.971 bits per heavy atom. The molecule has 5 rings (SSSR count). The fraction of sp³-hybridized carbons (Fsp3) is 0.538. The van der Waals surface area contributed by atoms with E-state index in [9.17, 15) is 19.8 Å². The molecule has 0 spiro atoms. The molecule has 2 saturated heterocycles. The van der Waals surface area contributed by atoms with Crippen LogP contribution in [0.5, 0.6) is 0 Å². The van der Waals surface area contributed by atoms with Gasteiger partial charge in [0.15, 0.2) is 0 Å². The number of benzene rings is 1. The topological polar surface area (TPSA) is 99.5 Å². The maximum Gasteiger partial charge on any atom is 0.338 e. The van der Waals surface area contributed by atoms with Crippen LogP contribution in [-0.4, -0.2) is 83.9 Å². The summed E-state index contributed by atoms with van der Waals surface area (Å²) in [4.78, 5) is 28.0. The monoisotopic (exact) mass is 468 g/mol. The fourth-order valence-electron chi connectivity index (χ4n) is 5.66. The van der Waals surface area contributed by atoms with Crippen molar-refractivity contribution in [1.29, 1.82) is 0 Å². The van der Waals surface area contributed by atoms with Gasteiger partial charge in [0.1, 0.15) is 6.61 Å². The van der Waals surface area contributed by atoms with Crippen LogP contribution in [0.25, 0.3) is 0 Å². The van der Waals surface area contributed by atoms with Crippen LogP contribution < -0.4 is 0 Å².